The van der Waals surface area contributed by atoms with Gasteiger partial charge in [-0.2, -0.15) is 0 Å². The zero-order chi connectivity index (χ0) is 11.4. The molecule has 0 aliphatic carbocycles. The van der Waals surface area contributed by atoms with E-state index in [1.807, 2.05) is 18.2 Å². The standard InChI is InChI=1S/C12H10N3O/c1-9(16)15-12-6-5-10(8-14-12)11-4-2-3-7-13-11/h2-6,8H,1H3,(H,14,15,16). The number of carbonyl (C=O) groups is 1. The van der Waals surface area contributed by atoms with Gasteiger partial charge in [-0.3, -0.25) is 4.79 Å². The van der Waals surface area contributed by atoms with E-state index >= 15 is 0 Å². The first kappa shape index (κ1) is 10.3. The van der Waals surface area contributed by atoms with Crippen LogP contribution in [-0.2, 0) is 4.79 Å². The lowest BCUT2D eigenvalue weighted by Crippen LogP contribution is -2.06. The number of rotatable bonds is 2. The zero-order valence-electron chi connectivity index (χ0n) is 8.77. The first-order valence-electron chi connectivity index (χ1n) is 4.83. The average Bonchev–Trinajstić information content (AvgIpc) is 2.30. The summed E-state index contributed by atoms with van der Waals surface area (Å²) in [6.07, 6.45) is 4.43. The van der Waals surface area contributed by atoms with E-state index in [0.717, 1.165) is 11.3 Å². The molecule has 0 spiro atoms. The topological polar surface area (TPSA) is 54.9 Å². The average molecular weight is 212 g/mol. The molecule has 4 heteroatoms. The van der Waals surface area contributed by atoms with Crippen molar-refractivity contribution in [1.29, 1.82) is 0 Å². The number of nitrogens with zero attached hydrogens (tertiary/aromatic N) is 2. The minimum absolute atomic E-state index is 0.133. The third-order valence-electron chi connectivity index (χ3n) is 1.97. The highest BCUT2D eigenvalue weighted by molar-refractivity contribution is 5.87. The minimum Gasteiger partial charge on any atom is -0.311 e. The second kappa shape index (κ2) is 4.53. The molecule has 1 N–H and O–H groups in total. The third kappa shape index (κ3) is 2.42. The van der Waals surface area contributed by atoms with Crippen molar-refractivity contribution in [3.63, 3.8) is 0 Å². The van der Waals surface area contributed by atoms with Gasteiger partial charge in [0, 0.05) is 18.7 Å². The van der Waals surface area contributed by atoms with Crippen molar-refractivity contribution in [3.8, 4) is 11.3 Å². The molecule has 0 saturated carbocycles. The first-order valence-corrected chi connectivity index (χ1v) is 4.83. The highest BCUT2D eigenvalue weighted by atomic mass is 16.1. The minimum atomic E-state index is -0.133. The van der Waals surface area contributed by atoms with Crippen molar-refractivity contribution in [2.24, 2.45) is 0 Å². The molecule has 4 nitrogen and oxygen atoms in total. The van der Waals surface area contributed by atoms with Crippen molar-refractivity contribution in [1.82, 2.24) is 9.97 Å². The number of hydrogen-bond acceptors (Lipinski definition) is 3. The predicted molar refractivity (Wildman–Crippen MR) is 60.6 cm³/mol. The van der Waals surface area contributed by atoms with Crippen LogP contribution in [0.4, 0.5) is 5.82 Å². The summed E-state index contributed by atoms with van der Waals surface area (Å²) in [6.45, 7) is 1.45. The molecule has 0 fully saturated rings. The predicted octanol–water partition coefficient (Wildman–Crippen LogP) is 1.90. The van der Waals surface area contributed by atoms with Crippen LogP contribution in [0.2, 0.25) is 0 Å². The lowest BCUT2D eigenvalue weighted by atomic mass is 10.2. The van der Waals surface area contributed by atoms with E-state index in [4.69, 9.17) is 0 Å². The number of hydrogen-bond donors (Lipinski definition) is 1. The molecule has 0 atom stereocenters. The Morgan fingerprint density at radius 2 is 2.25 bits per heavy atom. The van der Waals surface area contributed by atoms with Crippen molar-refractivity contribution < 1.29 is 4.79 Å². The molecule has 1 amide bonds. The molecule has 0 aromatic carbocycles. The van der Waals surface area contributed by atoms with Gasteiger partial charge in [-0.05, 0) is 24.3 Å². The number of amides is 1. The van der Waals surface area contributed by atoms with Crippen LogP contribution in [0.25, 0.3) is 11.3 Å². The highest BCUT2D eigenvalue weighted by Crippen LogP contribution is 2.16. The molecule has 0 bridgehead atoms. The summed E-state index contributed by atoms with van der Waals surface area (Å²) in [7, 11) is 0. The van der Waals surface area contributed by atoms with Crippen molar-refractivity contribution in [3.05, 3.63) is 42.7 Å². The van der Waals surface area contributed by atoms with Crippen molar-refractivity contribution >= 4 is 11.7 Å². The highest BCUT2D eigenvalue weighted by Gasteiger charge is 2.00. The van der Waals surface area contributed by atoms with Gasteiger partial charge in [0.2, 0.25) is 5.91 Å². The van der Waals surface area contributed by atoms with E-state index in [-0.39, 0.29) is 5.91 Å². The summed E-state index contributed by atoms with van der Waals surface area (Å²) >= 11 is 0. The number of carbonyl (C=O) groups excluding carboxylic acids is 1. The Balaban J connectivity index is 2.23. The summed E-state index contributed by atoms with van der Waals surface area (Å²) in [5, 5.41) is 2.61. The fourth-order valence-electron chi connectivity index (χ4n) is 1.29. The SMILES string of the molecule is CC(=O)Nc1ccc(-c2ccc[c]n2)cn1. The maximum absolute atomic E-state index is 10.8. The van der Waals surface area contributed by atoms with Gasteiger partial charge >= 0.3 is 0 Å². The Morgan fingerprint density at radius 1 is 1.38 bits per heavy atom. The number of pyridine rings is 2. The van der Waals surface area contributed by atoms with Gasteiger partial charge in [0.15, 0.2) is 0 Å². The third-order valence-corrected chi connectivity index (χ3v) is 1.97. The molecule has 0 unspecified atom stereocenters. The summed E-state index contributed by atoms with van der Waals surface area (Å²) in [6, 6.07) is 9.08. The fraction of sp³-hybridized carbons (Fsp3) is 0.0833. The molecule has 2 rings (SSSR count). The van der Waals surface area contributed by atoms with Gasteiger partial charge in [0.25, 0.3) is 0 Å². The molecule has 2 heterocycles. The second-order valence-electron chi connectivity index (χ2n) is 3.27. The molecule has 0 aliphatic heterocycles. The smallest absolute Gasteiger partial charge is 0.222 e. The van der Waals surface area contributed by atoms with Crippen LogP contribution in [0.15, 0.2) is 36.5 Å². The summed E-state index contributed by atoms with van der Waals surface area (Å²) in [5.74, 6) is 0.405. The molecular weight excluding hydrogens is 202 g/mol. The largest absolute Gasteiger partial charge is 0.311 e. The van der Waals surface area contributed by atoms with E-state index in [0.29, 0.717) is 5.82 Å². The maximum Gasteiger partial charge on any atom is 0.222 e. The Labute approximate surface area is 93.4 Å². The van der Waals surface area contributed by atoms with Crippen molar-refractivity contribution in [2.75, 3.05) is 5.32 Å². The van der Waals surface area contributed by atoms with Gasteiger partial charge in [0.05, 0.1) is 11.9 Å². The van der Waals surface area contributed by atoms with Gasteiger partial charge in [0.1, 0.15) is 5.82 Å². The van der Waals surface area contributed by atoms with E-state index in [9.17, 15) is 4.79 Å². The first-order chi connectivity index (χ1) is 7.75. The van der Waals surface area contributed by atoms with Crippen LogP contribution in [0.5, 0.6) is 0 Å². The normalized spacial score (nSPS) is 9.81. The Kier molecular flexibility index (Phi) is 2.91. The van der Waals surface area contributed by atoms with E-state index in [1.165, 1.54) is 6.92 Å². The molecule has 2 aromatic rings. The quantitative estimate of drug-likeness (QED) is 0.827. The molecule has 16 heavy (non-hydrogen) atoms. The van der Waals surface area contributed by atoms with Gasteiger partial charge < -0.3 is 5.32 Å². The van der Waals surface area contributed by atoms with Crippen LogP contribution in [-0.4, -0.2) is 15.9 Å². The molecule has 0 aliphatic rings. The fourth-order valence-corrected chi connectivity index (χ4v) is 1.29. The van der Waals surface area contributed by atoms with Gasteiger partial charge in [-0.1, -0.05) is 6.07 Å². The Hall–Kier alpha value is -2.23. The van der Waals surface area contributed by atoms with E-state index < -0.39 is 0 Å². The molecule has 79 valence electrons. The van der Waals surface area contributed by atoms with Crippen molar-refractivity contribution in [2.45, 2.75) is 6.92 Å². The summed E-state index contributed by atoms with van der Waals surface area (Å²) in [5.41, 5.74) is 1.70. The lowest BCUT2D eigenvalue weighted by molar-refractivity contribution is -0.114. The monoisotopic (exact) mass is 212 g/mol. The van der Waals surface area contributed by atoms with Crippen LogP contribution < -0.4 is 5.32 Å². The molecule has 1 radical (unpaired) electrons. The maximum atomic E-state index is 10.8. The van der Waals surface area contributed by atoms with E-state index in [1.54, 1.807) is 18.3 Å². The van der Waals surface area contributed by atoms with Crippen LogP contribution >= 0.6 is 0 Å². The number of nitrogens with one attached hydrogen (secondary N) is 1. The molecular formula is C12H10N3O. The number of anilines is 1. The summed E-state index contributed by atoms with van der Waals surface area (Å²) < 4.78 is 0. The van der Waals surface area contributed by atoms with Crippen LogP contribution in [0.1, 0.15) is 6.92 Å². The van der Waals surface area contributed by atoms with Gasteiger partial charge in [-0.15, -0.1) is 0 Å². The Morgan fingerprint density at radius 3 is 2.81 bits per heavy atom. The van der Waals surface area contributed by atoms with Crippen LogP contribution in [0, 0.1) is 6.20 Å². The van der Waals surface area contributed by atoms with Gasteiger partial charge in [-0.25, -0.2) is 9.97 Å². The lowest BCUT2D eigenvalue weighted by Gasteiger charge is -2.02. The molecule has 0 saturated heterocycles. The number of aromatic nitrogens is 2. The summed E-state index contributed by atoms with van der Waals surface area (Å²) in [4.78, 5) is 19.0. The second-order valence-corrected chi connectivity index (χ2v) is 3.27. The molecule has 2 aromatic heterocycles. The van der Waals surface area contributed by atoms with Crippen LogP contribution in [0.3, 0.4) is 0 Å². The Bertz CT molecular complexity index is 479. The van der Waals surface area contributed by atoms with E-state index in [2.05, 4.69) is 21.5 Å². The zero-order valence-corrected chi connectivity index (χ0v) is 8.77.